The fraction of sp³-hybridized carbons (Fsp3) is 0.560. The Bertz CT molecular complexity index is 911. The average Bonchev–Trinajstić information content (AvgIpc) is 3.53. The molecule has 4 rings (SSSR count). The van der Waals surface area contributed by atoms with Crippen LogP contribution in [0.1, 0.15) is 45.4 Å². The largest absolute Gasteiger partial charge is 0.383 e. The van der Waals surface area contributed by atoms with Crippen LogP contribution in [0.4, 0.5) is 20.3 Å². The maximum atomic E-state index is 14.6. The Morgan fingerprint density at radius 1 is 1.06 bits per heavy atom. The summed E-state index contributed by atoms with van der Waals surface area (Å²) in [6.45, 7) is 4.50. The molecule has 2 saturated carbocycles. The van der Waals surface area contributed by atoms with Gasteiger partial charge in [0.2, 0.25) is 0 Å². The highest BCUT2D eigenvalue weighted by Crippen LogP contribution is 2.45. The summed E-state index contributed by atoms with van der Waals surface area (Å²) in [4.78, 5) is 4.25. The number of pyridine rings is 1. The molecule has 3 N–H and O–H groups in total. The third-order valence-electron chi connectivity index (χ3n) is 6.76. The Morgan fingerprint density at radius 3 is 2.53 bits per heavy atom. The molecule has 1 aromatic heterocycles. The van der Waals surface area contributed by atoms with Crippen LogP contribution in [0.25, 0.3) is 11.1 Å². The molecule has 2 aliphatic carbocycles. The molecule has 0 aliphatic heterocycles. The third-order valence-corrected chi connectivity index (χ3v) is 6.76. The van der Waals surface area contributed by atoms with Crippen LogP contribution >= 0.6 is 0 Å². The van der Waals surface area contributed by atoms with Gasteiger partial charge in [0.15, 0.2) is 0 Å². The van der Waals surface area contributed by atoms with Crippen molar-refractivity contribution >= 4 is 11.5 Å². The summed E-state index contributed by atoms with van der Waals surface area (Å²) in [7, 11) is 1.71. The Morgan fingerprint density at radius 2 is 1.81 bits per heavy atom. The first-order valence-corrected chi connectivity index (χ1v) is 11.6. The van der Waals surface area contributed by atoms with Crippen LogP contribution in [0.15, 0.2) is 30.5 Å². The zero-order valence-electron chi connectivity index (χ0n) is 19.0. The molecule has 0 amide bonds. The average molecular weight is 445 g/mol. The Balaban J connectivity index is 1.40. The van der Waals surface area contributed by atoms with Crippen LogP contribution in [-0.2, 0) is 4.74 Å². The number of ether oxygens (including phenoxy) is 1. The fourth-order valence-electron chi connectivity index (χ4n) is 4.28. The maximum absolute atomic E-state index is 14.6. The lowest BCUT2D eigenvalue weighted by Gasteiger charge is -2.30. The Kier molecular flexibility index (Phi) is 7.26. The maximum Gasteiger partial charge on any atom is 0.149 e. The van der Waals surface area contributed by atoms with Gasteiger partial charge < -0.3 is 20.7 Å². The lowest BCUT2D eigenvalue weighted by molar-refractivity contribution is 0.191. The van der Waals surface area contributed by atoms with Crippen molar-refractivity contribution < 1.29 is 13.5 Å². The van der Waals surface area contributed by atoms with Gasteiger partial charge in [-0.1, -0.05) is 13.0 Å². The molecule has 0 saturated heterocycles. The van der Waals surface area contributed by atoms with Gasteiger partial charge in [0.05, 0.1) is 18.5 Å². The second kappa shape index (κ2) is 10.1. The molecule has 2 aliphatic rings. The van der Waals surface area contributed by atoms with E-state index in [0.717, 1.165) is 58.2 Å². The molecule has 2 aromatic rings. The minimum absolute atomic E-state index is 0.250. The molecule has 0 atom stereocenters. The van der Waals surface area contributed by atoms with E-state index in [-0.39, 0.29) is 11.2 Å². The van der Waals surface area contributed by atoms with E-state index in [9.17, 15) is 8.78 Å². The summed E-state index contributed by atoms with van der Waals surface area (Å²) in [5.74, 6) is -0.0727. The number of hydrogen-bond donors (Lipinski definition) is 3. The molecule has 7 heteroatoms. The van der Waals surface area contributed by atoms with Crippen LogP contribution in [0.3, 0.4) is 0 Å². The van der Waals surface area contributed by atoms with Crippen LogP contribution in [0.2, 0.25) is 0 Å². The zero-order valence-corrected chi connectivity index (χ0v) is 19.0. The monoisotopic (exact) mass is 444 g/mol. The van der Waals surface area contributed by atoms with E-state index in [1.54, 1.807) is 25.3 Å². The summed E-state index contributed by atoms with van der Waals surface area (Å²) >= 11 is 0. The first-order valence-electron chi connectivity index (χ1n) is 11.6. The van der Waals surface area contributed by atoms with Gasteiger partial charge in [-0.15, -0.1) is 0 Å². The van der Waals surface area contributed by atoms with Gasteiger partial charge >= 0.3 is 0 Å². The molecular weight excluding hydrogens is 410 g/mol. The summed E-state index contributed by atoms with van der Waals surface area (Å²) in [5, 5.41) is 10.2. The number of methoxy groups -OCH3 is 1. The van der Waals surface area contributed by atoms with E-state index in [2.05, 4.69) is 27.9 Å². The predicted molar refractivity (Wildman–Crippen MR) is 125 cm³/mol. The van der Waals surface area contributed by atoms with E-state index in [4.69, 9.17) is 4.74 Å². The van der Waals surface area contributed by atoms with Gasteiger partial charge in [0.25, 0.3) is 0 Å². The van der Waals surface area contributed by atoms with Crippen LogP contribution in [0, 0.1) is 17.0 Å². The van der Waals surface area contributed by atoms with E-state index >= 15 is 0 Å². The number of aromatic nitrogens is 1. The summed E-state index contributed by atoms with van der Waals surface area (Å²) in [6, 6.07) is 7.28. The summed E-state index contributed by atoms with van der Waals surface area (Å²) < 4.78 is 34.0. The van der Waals surface area contributed by atoms with E-state index in [1.165, 1.54) is 12.3 Å². The minimum atomic E-state index is -0.409. The van der Waals surface area contributed by atoms with Crippen LogP contribution in [0.5, 0.6) is 0 Å². The fourth-order valence-corrected chi connectivity index (χ4v) is 4.28. The van der Waals surface area contributed by atoms with Crippen molar-refractivity contribution in [1.29, 1.82) is 0 Å². The Labute approximate surface area is 189 Å². The van der Waals surface area contributed by atoms with Crippen molar-refractivity contribution in [3.63, 3.8) is 0 Å². The van der Waals surface area contributed by atoms with Crippen LogP contribution < -0.4 is 16.0 Å². The number of hydrogen-bond acceptors (Lipinski definition) is 5. The van der Waals surface area contributed by atoms with Crippen molar-refractivity contribution in [3.05, 3.63) is 42.1 Å². The second-order valence-electron chi connectivity index (χ2n) is 9.55. The number of nitrogens with one attached hydrogen (secondary N) is 3. The highest BCUT2D eigenvalue weighted by atomic mass is 19.1. The normalized spacial score (nSPS) is 21.9. The predicted octanol–water partition coefficient (Wildman–Crippen LogP) is 5.20. The van der Waals surface area contributed by atoms with Gasteiger partial charge in [-0.3, -0.25) is 0 Å². The zero-order chi connectivity index (χ0) is 22.6. The standard InChI is InChI=1S/C25H34F2N4O/c1-25(9-10-25)16-30-23-13-17(3-8-21(23)26)20-14-24(29-15-22(20)27)31-19-6-4-18(5-7-19)28-11-12-32-2/h3,8,13-15,18-19,28,30H,4-7,9-12,16H2,1-2H3,(H,29,31). The van der Waals surface area contributed by atoms with Gasteiger partial charge in [-0.25, -0.2) is 13.8 Å². The van der Waals surface area contributed by atoms with Gasteiger partial charge in [0, 0.05) is 37.8 Å². The molecule has 0 bridgehead atoms. The molecule has 0 radical (unpaired) electrons. The molecule has 174 valence electrons. The number of benzene rings is 1. The molecule has 2 fully saturated rings. The molecular formula is C25H34F2N4O. The number of nitrogens with zero attached hydrogens (tertiary/aromatic N) is 1. The SMILES string of the molecule is COCCNC1CCC(Nc2cc(-c3ccc(F)c(NCC4(C)CC4)c3)c(F)cn2)CC1. The lowest BCUT2D eigenvalue weighted by Crippen LogP contribution is -2.38. The van der Waals surface area contributed by atoms with Crippen molar-refractivity contribution in [2.24, 2.45) is 5.41 Å². The lowest BCUT2D eigenvalue weighted by atomic mass is 9.91. The molecule has 1 aromatic carbocycles. The molecule has 5 nitrogen and oxygen atoms in total. The van der Waals surface area contributed by atoms with Gasteiger partial charge in [-0.05, 0) is 67.7 Å². The summed E-state index contributed by atoms with van der Waals surface area (Å²) in [5.41, 5.74) is 1.74. The van der Waals surface area contributed by atoms with Crippen LogP contribution in [-0.4, -0.2) is 43.9 Å². The topological polar surface area (TPSA) is 58.2 Å². The Hall–Kier alpha value is -2.25. The quantitative estimate of drug-likeness (QED) is 0.440. The summed E-state index contributed by atoms with van der Waals surface area (Å²) in [6.07, 6.45) is 7.78. The highest BCUT2D eigenvalue weighted by molar-refractivity contribution is 5.71. The van der Waals surface area contributed by atoms with Crippen molar-refractivity contribution in [1.82, 2.24) is 10.3 Å². The molecule has 32 heavy (non-hydrogen) atoms. The van der Waals surface area contributed by atoms with Gasteiger partial charge in [-0.2, -0.15) is 0 Å². The second-order valence-corrected chi connectivity index (χ2v) is 9.55. The molecule has 1 heterocycles. The highest BCUT2D eigenvalue weighted by Gasteiger charge is 2.36. The third kappa shape index (κ3) is 5.95. The van der Waals surface area contributed by atoms with Crippen molar-refractivity contribution in [2.45, 2.75) is 57.5 Å². The minimum Gasteiger partial charge on any atom is -0.383 e. The first kappa shape index (κ1) is 22.9. The first-order chi connectivity index (χ1) is 15.5. The van der Waals surface area contributed by atoms with Crippen molar-refractivity contribution in [3.8, 4) is 11.1 Å². The number of halogens is 2. The van der Waals surface area contributed by atoms with E-state index in [0.29, 0.717) is 34.7 Å². The molecule has 0 unspecified atom stereocenters. The van der Waals surface area contributed by atoms with Crippen molar-refractivity contribution in [2.75, 3.05) is 37.4 Å². The number of rotatable bonds is 10. The smallest absolute Gasteiger partial charge is 0.149 e. The molecule has 0 spiro atoms. The van der Waals surface area contributed by atoms with Gasteiger partial charge in [0.1, 0.15) is 17.5 Å². The van der Waals surface area contributed by atoms with E-state index < -0.39 is 5.82 Å². The number of anilines is 2. The van der Waals surface area contributed by atoms with E-state index in [1.807, 2.05) is 0 Å².